The Bertz CT molecular complexity index is 441. The highest BCUT2D eigenvalue weighted by atomic mass is 16.5. The fourth-order valence-electron chi connectivity index (χ4n) is 2.73. The van der Waals surface area contributed by atoms with Gasteiger partial charge in [0.05, 0.1) is 6.61 Å². The van der Waals surface area contributed by atoms with E-state index < -0.39 is 5.54 Å². The van der Waals surface area contributed by atoms with Gasteiger partial charge in [-0.05, 0) is 42.4 Å². The summed E-state index contributed by atoms with van der Waals surface area (Å²) in [6, 6.07) is 8.38. The predicted molar refractivity (Wildman–Crippen MR) is 82.0 cm³/mol. The summed E-state index contributed by atoms with van der Waals surface area (Å²) < 4.78 is 5.98. The molecule has 0 aliphatic heterocycles. The molecule has 1 aliphatic rings. The first-order valence-corrected chi connectivity index (χ1v) is 7.55. The average Bonchev–Trinajstić information content (AvgIpc) is 2.82. The van der Waals surface area contributed by atoms with Gasteiger partial charge in [0.25, 0.3) is 0 Å². The first kappa shape index (κ1) is 15.3. The van der Waals surface area contributed by atoms with E-state index in [-0.39, 0.29) is 18.1 Å². The van der Waals surface area contributed by atoms with Crippen molar-refractivity contribution in [1.29, 1.82) is 0 Å². The molecular formula is C17H27NO2. The average molecular weight is 277 g/mol. The third-order valence-electron chi connectivity index (χ3n) is 4.74. The van der Waals surface area contributed by atoms with Gasteiger partial charge in [-0.2, -0.15) is 0 Å². The molecule has 3 nitrogen and oxygen atoms in total. The van der Waals surface area contributed by atoms with Gasteiger partial charge in [-0.25, -0.2) is 0 Å². The molecule has 0 aromatic heterocycles. The van der Waals surface area contributed by atoms with Crippen LogP contribution in [-0.2, 0) is 5.41 Å². The van der Waals surface area contributed by atoms with Crippen molar-refractivity contribution in [2.75, 3.05) is 6.61 Å². The molecule has 0 spiro atoms. The van der Waals surface area contributed by atoms with Crippen LogP contribution in [0.2, 0.25) is 0 Å². The molecule has 1 aromatic rings. The van der Waals surface area contributed by atoms with E-state index in [1.807, 2.05) is 12.1 Å². The van der Waals surface area contributed by atoms with Crippen LogP contribution in [0.15, 0.2) is 24.3 Å². The Morgan fingerprint density at radius 3 is 2.50 bits per heavy atom. The van der Waals surface area contributed by atoms with Gasteiger partial charge in [0.1, 0.15) is 11.9 Å². The molecule has 20 heavy (non-hydrogen) atoms. The Hall–Kier alpha value is -1.06. The van der Waals surface area contributed by atoms with Crippen LogP contribution in [0.25, 0.3) is 0 Å². The van der Waals surface area contributed by atoms with E-state index in [0.29, 0.717) is 0 Å². The quantitative estimate of drug-likeness (QED) is 0.870. The minimum Gasteiger partial charge on any atom is -0.490 e. The van der Waals surface area contributed by atoms with Gasteiger partial charge >= 0.3 is 0 Å². The van der Waals surface area contributed by atoms with Crippen LogP contribution in [0.4, 0.5) is 0 Å². The molecule has 2 atom stereocenters. The minimum absolute atomic E-state index is 0.0382. The first-order chi connectivity index (χ1) is 9.38. The van der Waals surface area contributed by atoms with E-state index in [1.165, 1.54) is 5.56 Å². The van der Waals surface area contributed by atoms with Crippen LogP contribution in [0, 0.1) is 0 Å². The van der Waals surface area contributed by atoms with Gasteiger partial charge in [0.2, 0.25) is 0 Å². The van der Waals surface area contributed by atoms with Crippen molar-refractivity contribution in [1.82, 2.24) is 0 Å². The lowest BCUT2D eigenvalue weighted by Crippen LogP contribution is -2.41. The Morgan fingerprint density at radius 1 is 1.35 bits per heavy atom. The Balaban J connectivity index is 1.99. The van der Waals surface area contributed by atoms with Crippen molar-refractivity contribution in [2.45, 2.75) is 63.5 Å². The van der Waals surface area contributed by atoms with E-state index in [2.05, 4.69) is 32.9 Å². The van der Waals surface area contributed by atoms with Crippen molar-refractivity contribution < 1.29 is 9.84 Å². The van der Waals surface area contributed by atoms with Crippen LogP contribution in [0.5, 0.6) is 5.75 Å². The van der Waals surface area contributed by atoms with E-state index in [4.69, 9.17) is 10.5 Å². The number of benzene rings is 1. The van der Waals surface area contributed by atoms with E-state index in [1.54, 1.807) is 0 Å². The molecular weight excluding hydrogens is 250 g/mol. The molecule has 3 N–H and O–H groups in total. The summed E-state index contributed by atoms with van der Waals surface area (Å²) in [5.41, 5.74) is 7.16. The fourth-order valence-corrected chi connectivity index (χ4v) is 2.73. The van der Waals surface area contributed by atoms with Crippen molar-refractivity contribution in [3.8, 4) is 5.75 Å². The van der Waals surface area contributed by atoms with Crippen LogP contribution in [0.1, 0.15) is 52.0 Å². The van der Waals surface area contributed by atoms with Crippen molar-refractivity contribution in [2.24, 2.45) is 5.73 Å². The molecule has 1 aliphatic carbocycles. The maximum atomic E-state index is 9.28. The van der Waals surface area contributed by atoms with Crippen LogP contribution >= 0.6 is 0 Å². The number of hydrogen-bond donors (Lipinski definition) is 2. The fraction of sp³-hybridized carbons (Fsp3) is 0.647. The summed E-state index contributed by atoms with van der Waals surface area (Å²) in [7, 11) is 0. The Labute approximate surface area is 122 Å². The summed E-state index contributed by atoms with van der Waals surface area (Å²) in [5.74, 6) is 0.896. The molecule has 2 rings (SSSR count). The lowest BCUT2D eigenvalue weighted by Gasteiger charge is -2.24. The van der Waals surface area contributed by atoms with Gasteiger partial charge in [-0.3, -0.25) is 0 Å². The topological polar surface area (TPSA) is 55.5 Å². The highest BCUT2D eigenvalue weighted by molar-refractivity contribution is 5.31. The third kappa shape index (κ3) is 3.33. The lowest BCUT2D eigenvalue weighted by molar-refractivity contribution is 0.165. The summed E-state index contributed by atoms with van der Waals surface area (Å²) >= 11 is 0. The second-order valence-corrected chi connectivity index (χ2v) is 6.76. The molecule has 0 radical (unpaired) electrons. The summed E-state index contributed by atoms with van der Waals surface area (Å²) in [5, 5.41) is 9.28. The van der Waals surface area contributed by atoms with Crippen molar-refractivity contribution >= 4 is 0 Å². The molecule has 0 bridgehead atoms. The van der Waals surface area contributed by atoms with Gasteiger partial charge in [-0.15, -0.1) is 0 Å². The number of ether oxygens (including phenoxy) is 1. The first-order valence-electron chi connectivity index (χ1n) is 7.55. The largest absolute Gasteiger partial charge is 0.490 e. The molecule has 3 heteroatoms. The molecule has 2 unspecified atom stereocenters. The highest BCUT2D eigenvalue weighted by Gasteiger charge is 2.36. The molecule has 0 saturated heterocycles. The van der Waals surface area contributed by atoms with Gasteiger partial charge in [0.15, 0.2) is 0 Å². The molecule has 0 amide bonds. The van der Waals surface area contributed by atoms with E-state index in [0.717, 1.165) is 31.4 Å². The number of hydrogen-bond acceptors (Lipinski definition) is 3. The van der Waals surface area contributed by atoms with Crippen LogP contribution in [0.3, 0.4) is 0 Å². The smallest absolute Gasteiger partial charge is 0.119 e. The maximum absolute atomic E-state index is 9.28. The lowest BCUT2D eigenvalue weighted by atomic mass is 9.82. The number of nitrogens with two attached hydrogens (primary N) is 1. The maximum Gasteiger partial charge on any atom is 0.119 e. The number of rotatable bonds is 5. The second kappa shape index (κ2) is 5.74. The predicted octanol–water partition coefficient (Wildman–Crippen LogP) is 3.00. The monoisotopic (exact) mass is 277 g/mol. The molecule has 112 valence electrons. The third-order valence-corrected chi connectivity index (χ3v) is 4.74. The van der Waals surface area contributed by atoms with Crippen molar-refractivity contribution in [3.63, 3.8) is 0 Å². The zero-order valence-electron chi connectivity index (χ0n) is 12.9. The van der Waals surface area contributed by atoms with Gasteiger partial charge in [0, 0.05) is 12.0 Å². The van der Waals surface area contributed by atoms with Gasteiger partial charge in [-0.1, -0.05) is 32.9 Å². The zero-order valence-corrected chi connectivity index (χ0v) is 12.9. The SMILES string of the molecule is CCC(C)(C)c1ccc(OC2CCC(N)(CO)C2)cc1. The zero-order chi connectivity index (χ0) is 14.8. The highest BCUT2D eigenvalue weighted by Crippen LogP contribution is 2.32. The van der Waals surface area contributed by atoms with Crippen LogP contribution < -0.4 is 10.5 Å². The number of aliphatic hydroxyl groups excluding tert-OH is 1. The van der Waals surface area contributed by atoms with Crippen LogP contribution in [-0.4, -0.2) is 23.4 Å². The Kier molecular flexibility index (Phi) is 4.40. The minimum atomic E-state index is -0.450. The summed E-state index contributed by atoms with van der Waals surface area (Å²) in [6.45, 7) is 6.75. The number of aliphatic hydroxyl groups is 1. The molecule has 1 saturated carbocycles. The summed E-state index contributed by atoms with van der Waals surface area (Å²) in [4.78, 5) is 0. The second-order valence-electron chi connectivity index (χ2n) is 6.76. The van der Waals surface area contributed by atoms with E-state index in [9.17, 15) is 5.11 Å². The standard InChI is InChI=1S/C17H27NO2/c1-4-16(2,3)13-5-7-14(8-6-13)20-15-9-10-17(18,11-15)12-19/h5-8,15,19H,4,9-12,18H2,1-3H3. The van der Waals surface area contributed by atoms with Crippen molar-refractivity contribution in [3.05, 3.63) is 29.8 Å². The summed E-state index contributed by atoms with van der Waals surface area (Å²) in [6.07, 6.45) is 3.71. The normalized spacial score (nSPS) is 26.8. The molecule has 1 fully saturated rings. The molecule has 0 heterocycles. The van der Waals surface area contributed by atoms with Gasteiger partial charge < -0.3 is 15.6 Å². The molecule has 1 aromatic carbocycles. The Morgan fingerprint density at radius 2 is 2.00 bits per heavy atom. The van der Waals surface area contributed by atoms with E-state index >= 15 is 0 Å².